The summed E-state index contributed by atoms with van der Waals surface area (Å²) in [6.07, 6.45) is 8.38. The second kappa shape index (κ2) is 4.09. The summed E-state index contributed by atoms with van der Waals surface area (Å²) < 4.78 is 0. The molecule has 1 rings (SSSR count). The van der Waals surface area contributed by atoms with Crippen LogP contribution >= 0.6 is 0 Å². The van der Waals surface area contributed by atoms with E-state index in [-0.39, 0.29) is 0 Å². The predicted molar refractivity (Wildman–Crippen MR) is 44.1 cm³/mol. The normalized spacial score (nSPS) is 19.9. The molecule has 10 heavy (non-hydrogen) atoms. The Hall–Kier alpha value is -0.790. The maximum absolute atomic E-state index is 3.99. The van der Waals surface area contributed by atoms with Gasteiger partial charge < -0.3 is 4.90 Å². The number of hydrogen-bond acceptors (Lipinski definition) is 2. The number of nitrogens with zero attached hydrogens (tertiary/aromatic N) is 2. The van der Waals surface area contributed by atoms with Gasteiger partial charge in [-0.05, 0) is 19.8 Å². The number of aliphatic imine (C=N–C) groups is 1. The molecular weight excluding hydrogens is 124 g/mol. The summed E-state index contributed by atoms with van der Waals surface area (Å²) in [7, 11) is 0. The van der Waals surface area contributed by atoms with E-state index in [1.807, 2.05) is 13.1 Å². The molecule has 1 aliphatic heterocycles. The third-order valence-electron chi connectivity index (χ3n) is 1.65. The average molecular weight is 138 g/mol. The van der Waals surface area contributed by atoms with E-state index in [1.165, 1.54) is 25.9 Å². The second-order valence-corrected chi connectivity index (χ2v) is 2.45. The molecule has 1 saturated heterocycles. The van der Waals surface area contributed by atoms with E-state index in [2.05, 4.69) is 16.1 Å². The third kappa shape index (κ3) is 2.21. The molecule has 1 fully saturated rings. The Balaban J connectivity index is 2.22. The first-order valence-corrected chi connectivity index (χ1v) is 3.82. The fraction of sp³-hybridized carbons (Fsp3) is 0.625. The lowest BCUT2D eigenvalue weighted by molar-refractivity contribution is 0.467. The Bertz CT molecular complexity index is 132. The fourth-order valence-corrected chi connectivity index (χ4v) is 1.11. The minimum atomic E-state index is 1.20. The maximum Gasteiger partial charge on any atom is 0.0422 e. The van der Waals surface area contributed by atoms with Gasteiger partial charge >= 0.3 is 0 Å². The Morgan fingerprint density at radius 2 is 2.00 bits per heavy atom. The van der Waals surface area contributed by atoms with E-state index in [9.17, 15) is 0 Å². The molecule has 0 radical (unpaired) electrons. The summed E-state index contributed by atoms with van der Waals surface area (Å²) in [6.45, 7) is 4.33. The lowest BCUT2D eigenvalue weighted by Crippen LogP contribution is -2.09. The Morgan fingerprint density at radius 1 is 1.30 bits per heavy atom. The molecule has 0 amide bonds. The minimum Gasteiger partial charge on any atom is -0.376 e. The van der Waals surface area contributed by atoms with Crippen molar-refractivity contribution >= 4 is 6.21 Å². The van der Waals surface area contributed by atoms with Gasteiger partial charge in [0.25, 0.3) is 0 Å². The van der Waals surface area contributed by atoms with Gasteiger partial charge in [-0.15, -0.1) is 0 Å². The Labute approximate surface area is 62.3 Å². The van der Waals surface area contributed by atoms with Crippen molar-refractivity contribution in [3.63, 3.8) is 0 Å². The summed E-state index contributed by atoms with van der Waals surface area (Å²) in [4.78, 5) is 6.29. The zero-order chi connectivity index (χ0) is 7.23. The predicted octanol–water partition coefficient (Wildman–Crippen LogP) is 1.64. The maximum atomic E-state index is 3.99. The summed E-state index contributed by atoms with van der Waals surface area (Å²) in [5.41, 5.74) is 0. The van der Waals surface area contributed by atoms with Crippen molar-refractivity contribution in [3.8, 4) is 0 Å². The van der Waals surface area contributed by atoms with Crippen molar-refractivity contribution in [1.29, 1.82) is 0 Å². The monoisotopic (exact) mass is 138 g/mol. The van der Waals surface area contributed by atoms with E-state index in [0.717, 1.165) is 0 Å². The lowest BCUT2D eigenvalue weighted by Gasteiger charge is -2.08. The van der Waals surface area contributed by atoms with Gasteiger partial charge in [0.15, 0.2) is 0 Å². The van der Waals surface area contributed by atoms with Crippen molar-refractivity contribution < 1.29 is 0 Å². The first kappa shape index (κ1) is 7.32. The molecule has 0 aliphatic carbocycles. The minimum absolute atomic E-state index is 1.20. The summed E-state index contributed by atoms with van der Waals surface area (Å²) in [6, 6.07) is 0. The van der Waals surface area contributed by atoms with E-state index in [1.54, 1.807) is 6.21 Å². The van der Waals surface area contributed by atoms with Crippen LogP contribution < -0.4 is 0 Å². The molecule has 0 bridgehead atoms. The van der Waals surface area contributed by atoms with E-state index in [0.29, 0.717) is 0 Å². The third-order valence-corrected chi connectivity index (χ3v) is 1.65. The largest absolute Gasteiger partial charge is 0.376 e. The average Bonchev–Trinajstić information content (AvgIpc) is 2.41. The molecule has 0 saturated carbocycles. The second-order valence-electron chi connectivity index (χ2n) is 2.45. The Kier molecular flexibility index (Phi) is 3.00. The van der Waals surface area contributed by atoms with Gasteiger partial charge in [0.2, 0.25) is 0 Å². The standard InChI is InChI=1S/C8H14N2/c1-2-9-5-8-10-6-3-4-7-10/h2,5,8H,3-4,6-7H2,1H3/b8-5-,9-2?. The molecule has 1 heterocycles. The lowest BCUT2D eigenvalue weighted by atomic mass is 10.4. The topological polar surface area (TPSA) is 15.6 Å². The van der Waals surface area contributed by atoms with Crippen LogP contribution in [0.15, 0.2) is 17.4 Å². The summed E-state index contributed by atoms with van der Waals surface area (Å²) >= 11 is 0. The van der Waals surface area contributed by atoms with E-state index < -0.39 is 0 Å². The van der Waals surface area contributed by atoms with Crippen LogP contribution in [0.25, 0.3) is 0 Å². The molecule has 0 aromatic rings. The molecule has 56 valence electrons. The first-order chi connectivity index (χ1) is 4.93. The Morgan fingerprint density at radius 3 is 2.60 bits per heavy atom. The van der Waals surface area contributed by atoms with Gasteiger partial charge in [-0.1, -0.05) is 0 Å². The highest BCUT2D eigenvalue weighted by Crippen LogP contribution is 2.06. The van der Waals surface area contributed by atoms with Gasteiger partial charge in [-0.3, -0.25) is 4.99 Å². The molecule has 0 atom stereocenters. The first-order valence-electron chi connectivity index (χ1n) is 3.82. The highest BCUT2D eigenvalue weighted by atomic mass is 15.1. The van der Waals surface area contributed by atoms with Gasteiger partial charge in [0, 0.05) is 31.7 Å². The summed E-state index contributed by atoms with van der Waals surface area (Å²) in [5, 5.41) is 0. The molecule has 2 nitrogen and oxygen atoms in total. The summed E-state index contributed by atoms with van der Waals surface area (Å²) in [5.74, 6) is 0. The van der Waals surface area contributed by atoms with Crippen LogP contribution in [0.1, 0.15) is 19.8 Å². The van der Waals surface area contributed by atoms with E-state index >= 15 is 0 Å². The van der Waals surface area contributed by atoms with Crippen LogP contribution in [-0.4, -0.2) is 24.2 Å². The molecule has 0 spiro atoms. The SMILES string of the molecule is CC=N/C=C\N1CCCC1. The molecule has 0 aromatic heterocycles. The van der Waals surface area contributed by atoms with E-state index in [4.69, 9.17) is 0 Å². The zero-order valence-corrected chi connectivity index (χ0v) is 6.45. The van der Waals surface area contributed by atoms with Crippen LogP contribution in [0.2, 0.25) is 0 Å². The molecule has 0 unspecified atom stereocenters. The number of likely N-dealkylation sites (tertiary alicyclic amines) is 1. The van der Waals surface area contributed by atoms with Crippen LogP contribution in [0, 0.1) is 0 Å². The van der Waals surface area contributed by atoms with Crippen LogP contribution in [0.3, 0.4) is 0 Å². The van der Waals surface area contributed by atoms with Gasteiger partial charge in [-0.25, -0.2) is 0 Å². The highest BCUT2D eigenvalue weighted by Gasteiger charge is 2.05. The molecular formula is C8H14N2. The van der Waals surface area contributed by atoms with Crippen molar-refractivity contribution in [2.75, 3.05) is 13.1 Å². The van der Waals surface area contributed by atoms with Gasteiger partial charge in [-0.2, -0.15) is 0 Å². The fourth-order valence-electron chi connectivity index (χ4n) is 1.11. The number of hydrogen-bond donors (Lipinski definition) is 0. The van der Waals surface area contributed by atoms with Crippen molar-refractivity contribution in [2.45, 2.75) is 19.8 Å². The number of rotatable bonds is 2. The van der Waals surface area contributed by atoms with Crippen LogP contribution in [0.5, 0.6) is 0 Å². The van der Waals surface area contributed by atoms with Crippen molar-refractivity contribution in [3.05, 3.63) is 12.4 Å². The van der Waals surface area contributed by atoms with Crippen LogP contribution in [0.4, 0.5) is 0 Å². The quantitative estimate of drug-likeness (QED) is 0.530. The highest BCUT2D eigenvalue weighted by molar-refractivity contribution is 5.54. The molecule has 0 N–H and O–H groups in total. The smallest absolute Gasteiger partial charge is 0.0422 e. The van der Waals surface area contributed by atoms with Crippen molar-refractivity contribution in [1.82, 2.24) is 4.90 Å². The zero-order valence-electron chi connectivity index (χ0n) is 6.45. The van der Waals surface area contributed by atoms with Gasteiger partial charge in [0.05, 0.1) is 0 Å². The van der Waals surface area contributed by atoms with Crippen molar-refractivity contribution in [2.24, 2.45) is 4.99 Å². The van der Waals surface area contributed by atoms with Crippen LogP contribution in [-0.2, 0) is 0 Å². The molecule has 2 heteroatoms. The molecule has 0 aromatic carbocycles. The van der Waals surface area contributed by atoms with Gasteiger partial charge in [0.1, 0.15) is 0 Å². The molecule has 1 aliphatic rings.